The molecule has 1 unspecified atom stereocenters. The highest BCUT2D eigenvalue weighted by atomic mass is 16.4. The van der Waals surface area contributed by atoms with Gasteiger partial charge in [-0.2, -0.15) is 0 Å². The summed E-state index contributed by atoms with van der Waals surface area (Å²) in [5, 5.41) is 8.52. The van der Waals surface area contributed by atoms with Crippen molar-refractivity contribution in [2.45, 2.75) is 26.3 Å². The summed E-state index contributed by atoms with van der Waals surface area (Å²) in [6.45, 7) is 4.00. The van der Waals surface area contributed by atoms with Crippen LogP contribution in [-0.4, -0.2) is 17.1 Å². The van der Waals surface area contributed by atoms with Crippen LogP contribution in [-0.2, 0) is 11.2 Å². The van der Waals surface area contributed by atoms with Gasteiger partial charge in [-0.25, -0.2) is 0 Å². The Morgan fingerprint density at radius 3 is 2.29 bits per heavy atom. The first-order valence-corrected chi connectivity index (χ1v) is 4.72. The molecule has 3 nitrogen and oxygen atoms in total. The molecular weight excluding hydrogens is 178 g/mol. The van der Waals surface area contributed by atoms with Crippen molar-refractivity contribution >= 4 is 5.97 Å². The molecule has 3 heteroatoms. The summed E-state index contributed by atoms with van der Waals surface area (Å²) in [7, 11) is 0. The second-order valence-corrected chi connectivity index (χ2v) is 2.63. The number of carbonyl (C=O) groups is 1. The summed E-state index contributed by atoms with van der Waals surface area (Å²) in [5.41, 5.74) is 6.30. The van der Waals surface area contributed by atoms with Crippen molar-refractivity contribution < 1.29 is 9.90 Å². The molecule has 0 spiro atoms. The third-order valence-corrected chi connectivity index (χ3v) is 1.62. The van der Waals surface area contributed by atoms with Crippen molar-refractivity contribution in [3.8, 4) is 0 Å². The first-order chi connectivity index (χ1) is 6.70. The maximum atomic E-state index is 10.4. The highest BCUT2D eigenvalue weighted by Gasteiger charge is 2.10. The molecule has 0 saturated heterocycles. The van der Waals surface area contributed by atoms with Crippen LogP contribution in [0.1, 0.15) is 19.4 Å². The van der Waals surface area contributed by atoms with Gasteiger partial charge < -0.3 is 10.8 Å². The summed E-state index contributed by atoms with van der Waals surface area (Å²) in [6, 6.07) is 8.54. The zero-order chi connectivity index (χ0) is 11.0. The van der Waals surface area contributed by atoms with E-state index < -0.39 is 12.0 Å². The van der Waals surface area contributed by atoms with Crippen molar-refractivity contribution in [2.24, 2.45) is 5.73 Å². The Bertz CT molecular complexity index is 259. The van der Waals surface area contributed by atoms with E-state index in [2.05, 4.69) is 0 Å². The van der Waals surface area contributed by atoms with Crippen LogP contribution >= 0.6 is 0 Å². The van der Waals surface area contributed by atoms with Crippen molar-refractivity contribution in [3.05, 3.63) is 35.9 Å². The fraction of sp³-hybridized carbons (Fsp3) is 0.364. The van der Waals surface area contributed by atoms with E-state index in [1.54, 1.807) is 0 Å². The third kappa shape index (κ3) is 4.62. The molecule has 0 bridgehead atoms. The van der Waals surface area contributed by atoms with Gasteiger partial charge in [0, 0.05) is 0 Å². The molecule has 0 saturated carbocycles. The zero-order valence-electron chi connectivity index (χ0n) is 8.60. The predicted octanol–water partition coefficient (Wildman–Crippen LogP) is 1.67. The lowest BCUT2D eigenvalue weighted by molar-refractivity contribution is -0.138. The summed E-state index contributed by atoms with van der Waals surface area (Å²) in [5.74, 6) is -0.959. The van der Waals surface area contributed by atoms with Crippen molar-refractivity contribution in [1.29, 1.82) is 0 Å². The molecule has 3 N–H and O–H groups in total. The third-order valence-electron chi connectivity index (χ3n) is 1.62. The van der Waals surface area contributed by atoms with E-state index >= 15 is 0 Å². The summed E-state index contributed by atoms with van der Waals surface area (Å²) in [6.07, 6.45) is 0.385. The highest BCUT2D eigenvalue weighted by Crippen LogP contribution is 2.01. The van der Waals surface area contributed by atoms with Gasteiger partial charge in [0.2, 0.25) is 0 Å². The van der Waals surface area contributed by atoms with Gasteiger partial charge >= 0.3 is 5.97 Å². The number of hydrogen-bond acceptors (Lipinski definition) is 2. The minimum atomic E-state index is -0.959. The number of hydrogen-bond donors (Lipinski definition) is 2. The van der Waals surface area contributed by atoms with Gasteiger partial charge in [-0.3, -0.25) is 4.79 Å². The van der Waals surface area contributed by atoms with Crippen molar-refractivity contribution in [2.75, 3.05) is 0 Å². The number of rotatable bonds is 3. The summed E-state index contributed by atoms with van der Waals surface area (Å²) < 4.78 is 0. The molecule has 1 aromatic carbocycles. The molecule has 0 aliphatic carbocycles. The average molecular weight is 195 g/mol. The highest BCUT2D eigenvalue weighted by molar-refractivity contribution is 5.73. The first kappa shape index (κ1) is 12.7. The Hall–Kier alpha value is -1.35. The molecule has 1 atom stereocenters. The molecule has 0 aliphatic rings. The quantitative estimate of drug-likeness (QED) is 0.771. The van der Waals surface area contributed by atoms with Crippen LogP contribution in [0, 0.1) is 0 Å². The summed E-state index contributed by atoms with van der Waals surface area (Å²) >= 11 is 0. The zero-order valence-corrected chi connectivity index (χ0v) is 8.60. The minimum Gasteiger partial charge on any atom is -0.480 e. The van der Waals surface area contributed by atoms with E-state index in [0.29, 0.717) is 6.42 Å². The number of benzene rings is 1. The lowest BCUT2D eigenvalue weighted by Crippen LogP contribution is -2.32. The van der Waals surface area contributed by atoms with E-state index in [9.17, 15) is 4.79 Å². The van der Waals surface area contributed by atoms with Crippen LogP contribution in [0.3, 0.4) is 0 Å². The van der Waals surface area contributed by atoms with Crippen LogP contribution in [0.5, 0.6) is 0 Å². The molecule has 0 radical (unpaired) electrons. The standard InChI is InChI=1S/C9H11NO2.C2H6/c10-8(9(11)12)6-7-4-2-1-3-5-7;1-2/h1-5,8H,6,10H2,(H,11,12);1-2H3. The molecule has 1 rings (SSSR count). The van der Waals surface area contributed by atoms with Crippen molar-refractivity contribution in [1.82, 2.24) is 0 Å². The minimum absolute atomic E-state index is 0.385. The lowest BCUT2D eigenvalue weighted by Gasteiger charge is -2.04. The normalized spacial score (nSPS) is 11.1. The van der Waals surface area contributed by atoms with Gasteiger partial charge in [0.1, 0.15) is 6.04 Å². The van der Waals surface area contributed by atoms with Crippen molar-refractivity contribution in [3.63, 3.8) is 0 Å². The van der Waals surface area contributed by atoms with Gasteiger partial charge in [-0.15, -0.1) is 0 Å². The smallest absolute Gasteiger partial charge is 0.320 e. The topological polar surface area (TPSA) is 63.3 Å². The molecule has 0 amide bonds. The Morgan fingerprint density at radius 2 is 1.86 bits per heavy atom. The lowest BCUT2D eigenvalue weighted by atomic mass is 10.1. The van der Waals surface area contributed by atoms with Gasteiger partial charge in [-0.05, 0) is 12.0 Å². The van der Waals surface area contributed by atoms with E-state index in [4.69, 9.17) is 10.8 Å². The van der Waals surface area contributed by atoms with E-state index in [1.165, 1.54) is 0 Å². The van der Waals surface area contributed by atoms with Crippen LogP contribution < -0.4 is 5.73 Å². The largest absolute Gasteiger partial charge is 0.480 e. The number of nitrogens with two attached hydrogens (primary N) is 1. The van der Waals surface area contributed by atoms with Gasteiger partial charge in [-0.1, -0.05) is 44.2 Å². The van der Waals surface area contributed by atoms with Gasteiger partial charge in [0.15, 0.2) is 0 Å². The Morgan fingerprint density at radius 1 is 1.36 bits per heavy atom. The summed E-state index contributed by atoms with van der Waals surface area (Å²) in [4.78, 5) is 10.4. The van der Waals surface area contributed by atoms with Gasteiger partial charge in [0.25, 0.3) is 0 Å². The molecule has 78 valence electrons. The molecular formula is C11H17NO2. The molecule has 1 aromatic rings. The second-order valence-electron chi connectivity index (χ2n) is 2.63. The maximum Gasteiger partial charge on any atom is 0.320 e. The first-order valence-electron chi connectivity index (χ1n) is 4.72. The number of carboxylic acid groups (broad SMARTS) is 1. The Kier molecular flexibility index (Phi) is 6.41. The molecule has 0 fully saturated rings. The van der Waals surface area contributed by atoms with Crippen LogP contribution in [0.15, 0.2) is 30.3 Å². The Balaban J connectivity index is 0.000000791. The number of aliphatic carboxylic acids is 1. The fourth-order valence-electron chi connectivity index (χ4n) is 0.955. The maximum absolute atomic E-state index is 10.4. The average Bonchev–Trinajstić information content (AvgIpc) is 2.22. The van der Waals surface area contributed by atoms with E-state index in [0.717, 1.165) is 5.56 Å². The molecule has 0 heterocycles. The monoisotopic (exact) mass is 195 g/mol. The van der Waals surface area contributed by atoms with Crippen LogP contribution in [0.25, 0.3) is 0 Å². The second kappa shape index (κ2) is 7.09. The SMILES string of the molecule is CC.NC(Cc1ccccc1)C(=O)O. The van der Waals surface area contributed by atoms with Crippen LogP contribution in [0.2, 0.25) is 0 Å². The molecule has 0 aliphatic heterocycles. The van der Waals surface area contributed by atoms with E-state index in [1.807, 2.05) is 44.2 Å². The van der Waals surface area contributed by atoms with Crippen LogP contribution in [0.4, 0.5) is 0 Å². The number of carboxylic acids is 1. The molecule has 0 aromatic heterocycles. The van der Waals surface area contributed by atoms with E-state index in [-0.39, 0.29) is 0 Å². The Labute approximate surface area is 84.6 Å². The van der Waals surface area contributed by atoms with Gasteiger partial charge in [0.05, 0.1) is 0 Å². The molecule has 14 heavy (non-hydrogen) atoms. The fourth-order valence-corrected chi connectivity index (χ4v) is 0.955. The predicted molar refractivity (Wildman–Crippen MR) is 57.1 cm³/mol.